The van der Waals surface area contributed by atoms with E-state index in [0.717, 1.165) is 48.2 Å². The Morgan fingerprint density at radius 1 is 1.00 bits per heavy atom. The number of piperidine rings is 1. The molecule has 0 aromatic heterocycles. The molecule has 0 bridgehead atoms. The van der Waals surface area contributed by atoms with Gasteiger partial charge in [0, 0.05) is 19.0 Å². The first-order chi connectivity index (χ1) is 15.4. The number of hydrogen-bond donors (Lipinski definition) is 0. The van der Waals surface area contributed by atoms with E-state index >= 15 is 0 Å². The van der Waals surface area contributed by atoms with Gasteiger partial charge in [-0.1, -0.05) is 12.1 Å². The fourth-order valence-corrected chi connectivity index (χ4v) is 4.93. The molecule has 2 aromatic carbocycles. The summed E-state index contributed by atoms with van der Waals surface area (Å²) in [4.78, 5) is 17.1. The van der Waals surface area contributed by atoms with E-state index in [0.29, 0.717) is 32.7 Å². The van der Waals surface area contributed by atoms with Gasteiger partial charge in [-0.05, 0) is 92.7 Å². The number of aryl methyl sites for hydroxylation is 2. The molecule has 172 valence electrons. The lowest BCUT2D eigenvalue weighted by Gasteiger charge is -2.40. The van der Waals surface area contributed by atoms with Crippen molar-refractivity contribution in [2.24, 2.45) is 0 Å². The number of amides is 1. The van der Waals surface area contributed by atoms with E-state index in [1.54, 1.807) is 6.07 Å². The summed E-state index contributed by atoms with van der Waals surface area (Å²) in [6.45, 7) is 7.77. The van der Waals surface area contributed by atoms with Gasteiger partial charge in [-0.15, -0.1) is 0 Å². The molecule has 0 saturated carbocycles. The zero-order chi connectivity index (χ0) is 22.7. The number of hydrogen-bond acceptors (Lipinski definition) is 3. The van der Waals surface area contributed by atoms with Crippen molar-refractivity contribution >= 4 is 5.91 Å². The summed E-state index contributed by atoms with van der Waals surface area (Å²) in [6, 6.07) is 9.55. The summed E-state index contributed by atoms with van der Waals surface area (Å²) in [7, 11) is 0. The van der Waals surface area contributed by atoms with E-state index in [1.807, 2.05) is 24.8 Å². The number of carbonyl (C=O) groups excluding carboxylic acids is 1. The van der Waals surface area contributed by atoms with Gasteiger partial charge in [0.25, 0.3) is 0 Å². The number of rotatable bonds is 6. The normalized spacial score (nSPS) is 21.8. The molecule has 2 fully saturated rings. The van der Waals surface area contributed by atoms with Crippen LogP contribution in [-0.4, -0.2) is 54.5 Å². The molecule has 32 heavy (non-hydrogen) atoms. The Morgan fingerprint density at radius 3 is 2.47 bits per heavy atom. The van der Waals surface area contributed by atoms with Crippen molar-refractivity contribution in [3.05, 3.63) is 70.3 Å². The van der Waals surface area contributed by atoms with Crippen LogP contribution in [0.4, 0.5) is 8.78 Å². The molecule has 6 heteroatoms. The van der Waals surface area contributed by atoms with E-state index in [2.05, 4.69) is 4.90 Å². The van der Waals surface area contributed by atoms with Crippen LogP contribution in [0, 0.1) is 25.5 Å². The second kappa shape index (κ2) is 10.1. The second-order valence-electron chi connectivity index (χ2n) is 9.14. The highest BCUT2D eigenvalue weighted by molar-refractivity contribution is 5.78. The molecule has 2 aliphatic heterocycles. The molecule has 2 heterocycles. The summed E-state index contributed by atoms with van der Waals surface area (Å²) in [5.74, 6) is -0.448. The van der Waals surface area contributed by atoms with Crippen molar-refractivity contribution in [2.75, 3.05) is 32.7 Å². The van der Waals surface area contributed by atoms with Gasteiger partial charge in [0.05, 0.1) is 19.3 Å². The SMILES string of the molecule is Cc1ccc(F)cc1COC1CCN(C(=O)CN2CCCC2)CC1c1ccc(F)cc1C. The van der Waals surface area contributed by atoms with Gasteiger partial charge >= 0.3 is 0 Å². The lowest BCUT2D eigenvalue weighted by molar-refractivity contribution is -0.135. The van der Waals surface area contributed by atoms with Gasteiger partial charge in [0.2, 0.25) is 5.91 Å². The van der Waals surface area contributed by atoms with Crippen LogP contribution in [0.1, 0.15) is 47.4 Å². The molecular formula is C26H32F2N2O2. The molecule has 0 aliphatic carbocycles. The molecule has 0 radical (unpaired) electrons. The minimum atomic E-state index is -0.276. The van der Waals surface area contributed by atoms with E-state index in [4.69, 9.17) is 4.74 Å². The fourth-order valence-electron chi connectivity index (χ4n) is 4.93. The van der Waals surface area contributed by atoms with Crippen molar-refractivity contribution < 1.29 is 18.3 Å². The molecule has 1 amide bonds. The molecule has 0 spiro atoms. The second-order valence-corrected chi connectivity index (χ2v) is 9.14. The van der Waals surface area contributed by atoms with Gasteiger partial charge < -0.3 is 9.64 Å². The highest BCUT2D eigenvalue weighted by Crippen LogP contribution is 2.33. The smallest absolute Gasteiger partial charge is 0.236 e. The van der Waals surface area contributed by atoms with Crippen molar-refractivity contribution in [1.82, 2.24) is 9.80 Å². The number of nitrogens with zero attached hydrogens (tertiary/aromatic N) is 2. The molecule has 0 N–H and O–H groups in total. The lowest BCUT2D eigenvalue weighted by atomic mass is 9.85. The third-order valence-electron chi connectivity index (χ3n) is 6.86. The van der Waals surface area contributed by atoms with Gasteiger partial charge in [-0.3, -0.25) is 9.69 Å². The van der Waals surface area contributed by atoms with Gasteiger partial charge in [-0.25, -0.2) is 8.78 Å². The lowest BCUT2D eigenvalue weighted by Crippen LogP contribution is -2.48. The zero-order valence-electron chi connectivity index (χ0n) is 18.9. The third kappa shape index (κ3) is 5.36. The van der Waals surface area contributed by atoms with Crippen LogP contribution < -0.4 is 0 Å². The first-order valence-electron chi connectivity index (χ1n) is 11.5. The van der Waals surface area contributed by atoms with E-state index in [-0.39, 0.29) is 29.6 Å². The highest BCUT2D eigenvalue weighted by atomic mass is 19.1. The van der Waals surface area contributed by atoms with Crippen LogP contribution >= 0.6 is 0 Å². The minimum absolute atomic E-state index is 0.0549. The Hall–Kier alpha value is -2.31. The number of halogens is 2. The Bertz CT molecular complexity index is 959. The van der Waals surface area contributed by atoms with Crippen LogP contribution in [0.2, 0.25) is 0 Å². The fraction of sp³-hybridized carbons (Fsp3) is 0.500. The third-order valence-corrected chi connectivity index (χ3v) is 6.86. The summed E-state index contributed by atoms with van der Waals surface area (Å²) in [5, 5.41) is 0. The van der Waals surface area contributed by atoms with Crippen LogP contribution in [0.15, 0.2) is 36.4 Å². The monoisotopic (exact) mass is 442 g/mol. The number of likely N-dealkylation sites (tertiary alicyclic amines) is 2. The topological polar surface area (TPSA) is 32.8 Å². The molecule has 4 nitrogen and oxygen atoms in total. The average molecular weight is 443 g/mol. The van der Waals surface area contributed by atoms with Crippen molar-refractivity contribution in [1.29, 1.82) is 0 Å². The molecule has 2 aliphatic rings. The number of benzene rings is 2. The molecule has 2 atom stereocenters. The predicted octanol–water partition coefficient (Wildman–Crippen LogP) is 4.58. The van der Waals surface area contributed by atoms with E-state index < -0.39 is 0 Å². The summed E-state index contributed by atoms with van der Waals surface area (Å²) >= 11 is 0. The Balaban J connectivity index is 1.51. The minimum Gasteiger partial charge on any atom is -0.373 e. The van der Waals surface area contributed by atoms with E-state index in [9.17, 15) is 13.6 Å². The molecule has 2 aromatic rings. The van der Waals surface area contributed by atoms with Gasteiger partial charge in [-0.2, -0.15) is 0 Å². The summed E-state index contributed by atoms with van der Waals surface area (Å²) in [5.41, 5.74) is 3.68. The van der Waals surface area contributed by atoms with Crippen LogP contribution in [0.25, 0.3) is 0 Å². The maximum Gasteiger partial charge on any atom is 0.236 e. The van der Waals surface area contributed by atoms with E-state index in [1.165, 1.54) is 24.3 Å². The number of carbonyl (C=O) groups is 1. The maximum atomic E-state index is 13.8. The molecule has 4 rings (SSSR count). The van der Waals surface area contributed by atoms with Crippen LogP contribution in [0.5, 0.6) is 0 Å². The van der Waals surface area contributed by atoms with Crippen LogP contribution in [-0.2, 0) is 16.1 Å². The Morgan fingerprint density at radius 2 is 1.72 bits per heavy atom. The maximum absolute atomic E-state index is 13.8. The van der Waals surface area contributed by atoms with Crippen LogP contribution in [0.3, 0.4) is 0 Å². The first kappa shape index (κ1) is 22.9. The molecular weight excluding hydrogens is 410 g/mol. The standard InChI is InChI=1S/C26H32F2N2O2/c1-18-5-6-22(28)14-20(18)17-32-25-9-12-30(26(31)16-29-10-3-4-11-29)15-24(25)23-8-7-21(27)13-19(23)2/h5-8,13-14,24-25H,3-4,9-12,15-17H2,1-2H3. The summed E-state index contributed by atoms with van der Waals surface area (Å²) < 4.78 is 33.8. The quantitative estimate of drug-likeness (QED) is 0.657. The van der Waals surface area contributed by atoms with Crippen molar-refractivity contribution in [3.63, 3.8) is 0 Å². The van der Waals surface area contributed by atoms with Crippen molar-refractivity contribution in [2.45, 2.75) is 51.7 Å². The highest BCUT2D eigenvalue weighted by Gasteiger charge is 2.34. The summed E-state index contributed by atoms with van der Waals surface area (Å²) in [6.07, 6.45) is 2.87. The van der Waals surface area contributed by atoms with Gasteiger partial charge in [0.1, 0.15) is 11.6 Å². The average Bonchev–Trinajstić information content (AvgIpc) is 3.27. The predicted molar refractivity (Wildman–Crippen MR) is 120 cm³/mol. The molecule has 2 saturated heterocycles. The van der Waals surface area contributed by atoms with Crippen molar-refractivity contribution in [3.8, 4) is 0 Å². The first-order valence-corrected chi connectivity index (χ1v) is 11.5. The Labute approximate surface area is 189 Å². The molecule has 2 unspecified atom stereocenters. The largest absolute Gasteiger partial charge is 0.373 e. The Kier molecular flexibility index (Phi) is 7.21. The van der Waals surface area contributed by atoms with Gasteiger partial charge in [0.15, 0.2) is 0 Å². The number of ether oxygens (including phenoxy) is 1. The zero-order valence-corrected chi connectivity index (χ0v) is 18.9.